The molecule has 2 atom stereocenters. The zero-order valence-corrected chi connectivity index (χ0v) is 10.6. The molecule has 0 aromatic carbocycles. The van der Waals surface area contributed by atoms with Crippen LogP contribution in [0.25, 0.3) is 0 Å². The average molecular weight is 302 g/mol. The van der Waals surface area contributed by atoms with Crippen molar-refractivity contribution in [2.24, 2.45) is 11.5 Å². The van der Waals surface area contributed by atoms with Crippen molar-refractivity contribution in [3.8, 4) is 0 Å². The van der Waals surface area contributed by atoms with Gasteiger partial charge >= 0.3 is 98.0 Å². The van der Waals surface area contributed by atoms with Gasteiger partial charge in [-0.15, -0.1) is 0 Å². The first-order valence-electron chi connectivity index (χ1n) is 3.64. The molecule has 0 fully saturated rings. The van der Waals surface area contributed by atoms with Crippen molar-refractivity contribution < 1.29 is 14.7 Å². The van der Waals surface area contributed by atoms with Crippen LogP contribution in [0.1, 0.15) is 0 Å². The summed E-state index contributed by atoms with van der Waals surface area (Å²) in [6.07, 6.45) is 0. The molecule has 5 N–H and O–H groups in total. The van der Waals surface area contributed by atoms with Gasteiger partial charge in [-0.2, -0.15) is 0 Å². The first-order valence-corrected chi connectivity index (χ1v) is 6.99. The number of carbonyl (C=O) groups excluding carboxylic acids is 1. The van der Waals surface area contributed by atoms with Crippen molar-refractivity contribution in [1.82, 2.24) is 0 Å². The fourth-order valence-electron chi connectivity index (χ4n) is 0.382. The Morgan fingerprint density at radius 3 is 2.00 bits per heavy atom. The minimum absolute atomic E-state index is 0.194. The molecule has 1 radical (unpaired) electrons. The summed E-state index contributed by atoms with van der Waals surface area (Å²) in [5.74, 6) is -0.278. The van der Waals surface area contributed by atoms with E-state index in [0.717, 1.165) is 0 Å². The van der Waals surface area contributed by atoms with Gasteiger partial charge in [-0.1, -0.05) is 0 Å². The zero-order chi connectivity index (χ0) is 11.1. The Balaban J connectivity index is 3.47. The summed E-state index contributed by atoms with van der Waals surface area (Å²) in [5, 5.41) is 8.45. The monoisotopic (exact) mass is 303 g/mol. The molecular weight excluding hydrogens is 291 g/mol. The van der Waals surface area contributed by atoms with Crippen molar-refractivity contribution in [1.29, 1.82) is 0 Å². The topological polar surface area (TPSA) is 106 Å². The fourth-order valence-corrected chi connectivity index (χ4v) is 3.03. The van der Waals surface area contributed by atoms with Crippen LogP contribution in [0.2, 0.25) is 0 Å². The van der Waals surface area contributed by atoms with Crippen LogP contribution < -0.4 is 11.5 Å². The third kappa shape index (κ3) is 6.69. The molecule has 0 aromatic heterocycles. The summed E-state index contributed by atoms with van der Waals surface area (Å²) in [5.41, 5.74) is 10.7. The van der Waals surface area contributed by atoms with Crippen molar-refractivity contribution >= 4 is 48.3 Å². The first-order chi connectivity index (χ1) is 6.45. The predicted octanol–water partition coefficient (Wildman–Crippen LogP) is -1.20. The predicted molar refractivity (Wildman–Crippen MR) is 59.3 cm³/mol. The Labute approximate surface area is 97.9 Å². The minimum atomic E-state index is -1.03. The van der Waals surface area contributed by atoms with Crippen molar-refractivity contribution in [3.05, 3.63) is 0 Å². The van der Waals surface area contributed by atoms with Gasteiger partial charge in [-0.05, 0) is 0 Å². The van der Waals surface area contributed by atoms with Gasteiger partial charge in [-0.25, -0.2) is 0 Å². The van der Waals surface area contributed by atoms with Crippen LogP contribution in [0.3, 0.4) is 0 Å². The number of carboxylic acids is 1. The normalized spacial score (nSPS) is 14.7. The van der Waals surface area contributed by atoms with Gasteiger partial charge in [0.15, 0.2) is 0 Å². The van der Waals surface area contributed by atoms with Gasteiger partial charge in [-0.3, -0.25) is 0 Å². The Bertz CT molecular complexity index is 195. The van der Waals surface area contributed by atoms with Crippen molar-refractivity contribution in [2.45, 2.75) is 12.1 Å². The number of nitrogens with two attached hydrogens (primary N) is 2. The number of aliphatic carboxylic acids is 1. The summed E-state index contributed by atoms with van der Waals surface area (Å²) in [4.78, 5) is 21.0. The Morgan fingerprint density at radius 1 is 1.21 bits per heavy atom. The van der Waals surface area contributed by atoms with Gasteiger partial charge in [0, 0.05) is 0 Å². The summed E-state index contributed by atoms with van der Waals surface area (Å²) in [6, 6.07) is -1.40. The summed E-state index contributed by atoms with van der Waals surface area (Å²) >= 11 is 2.30. The van der Waals surface area contributed by atoms with E-state index in [-0.39, 0.29) is 4.68 Å². The summed E-state index contributed by atoms with van der Waals surface area (Å²) in [6.45, 7) is 0. The molecule has 0 aliphatic carbocycles. The fraction of sp³-hybridized carbons (Fsp3) is 0.667. The third-order valence-corrected chi connectivity index (χ3v) is 4.31. The van der Waals surface area contributed by atoms with E-state index >= 15 is 0 Å². The van der Waals surface area contributed by atoms with E-state index in [9.17, 15) is 9.59 Å². The number of rotatable bonds is 7. The Hall–Kier alpha value is 0.279. The van der Waals surface area contributed by atoms with Gasteiger partial charge in [0.2, 0.25) is 0 Å². The summed E-state index contributed by atoms with van der Waals surface area (Å²) in [7, 11) is 2.64. The maximum atomic E-state index is 10.7. The van der Waals surface area contributed by atoms with E-state index in [2.05, 4.69) is 16.0 Å². The van der Waals surface area contributed by atoms with Crippen LogP contribution in [0, 0.1) is 0 Å². The Morgan fingerprint density at radius 2 is 1.64 bits per heavy atom. The molecule has 0 aromatic rings. The van der Waals surface area contributed by atoms with Crippen LogP contribution in [0.15, 0.2) is 0 Å². The molecule has 0 amide bonds. The molecular formula is C6H11N2O3S2Se. The molecule has 0 bridgehead atoms. The van der Waals surface area contributed by atoms with Gasteiger partial charge in [0.1, 0.15) is 0 Å². The van der Waals surface area contributed by atoms with Crippen LogP contribution in [-0.2, 0) is 9.59 Å². The zero-order valence-electron chi connectivity index (χ0n) is 7.21. The van der Waals surface area contributed by atoms with Crippen molar-refractivity contribution in [3.63, 3.8) is 0 Å². The number of hydrogen-bond acceptors (Lipinski definition) is 6. The Kier molecular flexibility index (Phi) is 7.71. The van der Waals surface area contributed by atoms with Gasteiger partial charge in [0.05, 0.1) is 0 Å². The molecule has 0 aliphatic rings. The first kappa shape index (κ1) is 14.3. The molecule has 8 heteroatoms. The van der Waals surface area contributed by atoms with Crippen LogP contribution in [0.4, 0.5) is 0 Å². The molecule has 0 spiro atoms. The molecule has 0 saturated carbocycles. The second-order valence-corrected chi connectivity index (χ2v) is 5.84. The van der Waals surface area contributed by atoms with E-state index in [1.165, 1.54) is 21.6 Å². The van der Waals surface area contributed by atoms with Crippen LogP contribution in [-0.4, -0.2) is 55.4 Å². The second kappa shape index (κ2) is 7.56. The molecule has 0 saturated heterocycles. The number of hydrogen-bond donors (Lipinski definition) is 3. The van der Waals surface area contributed by atoms with Crippen LogP contribution >= 0.6 is 21.6 Å². The van der Waals surface area contributed by atoms with E-state index in [1.54, 1.807) is 0 Å². The number of carboxylic acid groups (broad SMARTS) is 1. The summed E-state index contributed by atoms with van der Waals surface area (Å²) < 4.78 is -0.194. The maximum absolute atomic E-state index is 10.7. The quantitative estimate of drug-likeness (QED) is 0.308. The molecule has 0 heterocycles. The van der Waals surface area contributed by atoms with E-state index < -0.39 is 18.1 Å². The second-order valence-electron chi connectivity index (χ2n) is 2.44. The van der Waals surface area contributed by atoms with Gasteiger partial charge in [0.25, 0.3) is 0 Å². The van der Waals surface area contributed by atoms with E-state index in [4.69, 9.17) is 16.6 Å². The average Bonchev–Trinajstić information content (AvgIpc) is 2.11. The van der Waals surface area contributed by atoms with Crippen LogP contribution in [0.5, 0.6) is 0 Å². The molecule has 0 aliphatic heterocycles. The van der Waals surface area contributed by atoms with E-state index in [1.807, 2.05) is 0 Å². The molecule has 81 valence electrons. The SMILES string of the molecule is N[C@@H](CSSC[C@H](N)C(=O)[Se])C(=O)O. The standard InChI is InChI=1S/C6H11N2O3S2Se/c7-3(5(9)10)1-12-13-2-4(8)6(11)14/h3-4H,1-2,7-8H2,(H,9,10)/t3-,4-/m0/s1. The van der Waals surface area contributed by atoms with Gasteiger partial charge < -0.3 is 0 Å². The molecule has 0 unspecified atom stereocenters. The van der Waals surface area contributed by atoms with Crippen molar-refractivity contribution in [2.75, 3.05) is 11.5 Å². The molecule has 0 rings (SSSR count). The molecule has 5 nitrogen and oxygen atoms in total. The third-order valence-electron chi connectivity index (χ3n) is 1.20. The number of carbonyl (C=O) groups is 2. The molecule has 14 heavy (non-hydrogen) atoms. The van der Waals surface area contributed by atoms with E-state index in [0.29, 0.717) is 11.5 Å².